The van der Waals surface area contributed by atoms with E-state index in [-0.39, 0.29) is 5.03 Å². The van der Waals surface area contributed by atoms with E-state index in [0.29, 0.717) is 12.2 Å². The van der Waals surface area contributed by atoms with Crippen molar-refractivity contribution in [2.24, 2.45) is 0 Å². The van der Waals surface area contributed by atoms with Crippen molar-refractivity contribution in [3.05, 3.63) is 36.8 Å². The molecule has 0 saturated carbocycles. The van der Waals surface area contributed by atoms with E-state index in [4.69, 9.17) is 0 Å². The molecular formula is C12H16N4O2S. The van der Waals surface area contributed by atoms with E-state index in [1.165, 1.54) is 12.5 Å². The number of aromatic nitrogens is 2. The summed E-state index contributed by atoms with van der Waals surface area (Å²) >= 11 is 0. The molecule has 0 unspecified atom stereocenters. The Balaban J connectivity index is 2.20. The first kappa shape index (κ1) is 13.4. The molecular weight excluding hydrogens is 264 g/mol. The van der Waals surface area contributed by atoms with Gasteiger partial charge in [-0.2, -0.15) is 8.42 Å². The van der Waals surface area contributed by atoms with E-state index in [1.807, 2.05) is 6.92 Å². The van der Waals surface area contributed by atoms with Crippen molar-refractivity contribution in [3.8, 4) is 0 Å². The van der Waals surface area contributed by atoms with Crippen molar-refractivity contribution < 1.29 is 8.42 Å². The smallest absolute Gasteiger partial charge is 0.280 e. The number of aryl methyl sites for hydroxylation is 1. The molecule has 2 aromatic rings. The molecule has 2 N–H and O–H groups in total. The number of rotatable bonds is 5. The Morgan fingerprint density at radius 3 is 2.37 bits per heavy atom. The molecule has 0 fully saturated rings. The molecule has 1 aromatic heterocycles. The molecule has 2 rings (SSSR count). The third-order valence-electron chi connectivity index (χ3n) is 2.68. The van der Waals surface area contributed by atoms with Gasteiger partial charge in [-0.1, -0.05) is 0 Å². The van der Waals surface area contributed by atoms with Crippen LogP contribution in [-0.2, 0) is 16.6 Å². The van der Waals surface area contributed by atoms with Gasteiger partial charge in [0.25, 0.3) is 10.0 Å². The Kier molecular flexibility index (Phi) is 3.75. The second-order valence-corrected chi connectivity index (χ2v) is 5.60. The number of benzene rings is 1. The molecule has 7 heteroatoms. The first-order valence-corrected chi connectivity index (χ1v) is 7.36. The molecule has 0 atom stereocenters. The number of nitrogens with one attached hydrogen (secondary N) is 2. The Bertz CT molecular complexity index is 647. The molecule has 102 valence electrons. The molecule has 19 heavy (non-hydrogen) atoms. The van der Waals surface area contributed by atoms with Gasteiger partial charge < -0.3 is 9.88 Å². The molecule has 0 aliphatic heterocycles. The van der Waals surface area contributed by atoms with Crippen LogP contribution in [0.1, 0.15) is 6.92 Å². The molecule has 0 spiro atoms. The zero-order valence-electron chi connectivity index (χ0n) is 10.8. The second-order valence-electron chi connectivity index (χ2n) is 3.98. The predicted octanol–water partition coefficient (Wildman–Crippen LogP) is 1.75. The van der Waals surface area contributed by atoms with Crippen molar-refractivity contribution in [1.29, 1.82) is 0 Å². The molecule has 0 aliphatic rings. The van der Waals surface area contributed by atoms with Crippen molar-refractivity contribution in [1.82, 2.24) is 9.55 Å². The summed E-state index contributed by atoms with van der Waals surface area (Å²) in [5.74, 6) is 0. The number of hydrogen-bond donors (Lipinski definition) is 2. The van der Waals surface area contributed by atoms with Crippen LogP contribution in [-0.4, -0.2) is 25.0 Å². The van der Waals surface area contributed by atoms with Crippen LogP contribution in [0, 0.1) is 0 Å². The number of sulfonamides is 1. The van der Waals surface area contributed by atoms with Crippen LogP contribution in [0.25, 0.3) is 0 Å². The third-order valence-corrected chi connectivity index (χ3v) is 3.94. The summed E-state index contributed by atoms with van der Waals surface area (Å²) < 4.78 is 28.4. The van der Waals surface area contributed by atoms with Gasteiger partial charge >= 0.3 is 0 Å². The van der Waals surface area contributed by atoms with Gasteiger partial charge in [0, 0.05) is 31.2 Å². The number of imidazole rings is 1. The Morgan fingerprint density at radius 1 is 1.21 bits per heavy atom. The Morgan fingerprint density at radius 2 is 1.84 bits per heavy atom. The second kappa shape index (κ2) is 5.31. The van der Waals surface area contributed by atoms with Gasteiger partial charge in [-0.3, -0.25) is 4.72 Å². The molecule has 0 bridgehead atoms. The van der Waals surface area contributed by atoms with Crippen LogP contribution in [0.3, 0.4) is 0 Å². The maximum Gasteiger partial charge on any atom is 0.280 e. The monoisotopic (exact) mass is 280 g/mol. The largest absolute Gasteiger partial charge is 0.388 e. The van der Waals surface area contributed by atoms with Gasteiger partial charge in [-0.25, -0.2) is 4.98 Å². The molecule has 1 heterocycles. The van der Waals surface area contributed by atoms with Crippen LogP contribution in [0.4, 0.5) is 11.4 Å². The van der Waals surface area contributed by atoms with E-state index in [0.717, 1.165) is 5.69 Å². The van der Waals surface area contributed by atoms with E-state index < -0.39 is 10.0 Å². The van der Waals surface area contributed by atoms with Crippen LogP contribution in [0.5, 0.6) is 0 Å². The summed E-state index contributed by atoms with van der Waals surface area (Å²) in [6.07, 6.45) is 3.00. The fourth-order valence-corrected chi connectivity index (χ4v) is 2.57. The van der Waals surface area contributed by atoms with Gasteiger partial charge in [-0.15, -0.1) is 0 Å². The summed E-state index contributed by atoms with van der Waals surface area (Å²) in [5, 5.41) is 2.99. The zero-order chi connectivity index (χ0) is 13.9. The minimum atomic E-state index is -3.62. The van der Waals surface area contributed by atoms with Crippen LogP contribution < -0.4 is 10.0 Å². The van der Waals surface area contributed by atoms with Crippen molar-refractivity contribution >= 4 is 21.4 Å². The average molecular weight is 280 g/mol. The van der Waals surface area contributed by atoms with Crippen LogP contribution in [0.2, 0.25) is 0 Å². The Labute approximate surface area is 112 Å². The predicted molar refractivity (Wildman–Crippen MR) is 74.7 cm³/mol. The summed E-state index contributed by atoms with van der Waals surface area (Å²) in [7, 11) is -1.82. The number of hydrogen-bond acceptors (Lipinski definition) is 4. The molecule has 0 aliphatic carbocycles. The molecule has 0 radical (unpaired) electrons. The summed E-state index contributed by atoms with van der Waals surface area (Å²) in [6.45, 7) is 2.60. The van der Waals surface area contributed by atoms with Crippen molar-refractivity contribution in [2.75, 3.05) is 17.1 Å². The molecule has 1 aromatic carbocycles. The van der Waals surface area contributed by atoms with Gasteiger partial charge in [0.15, 0.2) is 5.03 Å². The minimum absolute atomic E-state index is 0.0204. The number of anilines is 2. The number of nitrogens with zero attached hydrogens (tertiary/aromatic N) is 2. The third kappa shape index (κ3) is 3.05. The topological polar surface area (TPSA) is 76.0 Å². The maximum atomic E-state index is 12.1. The average Bonchev–Trinajstić information content (AvgIpc) is 2.89. The lowest BCUT2D eigenvalue weighted by atomic mass is 10.3. The summed E-state index contributed by atoms with van der Waals surface area (Å²) in [4.78, 5) is 3.89. The highest BCUT2D eigenvalue weighted by molar-refractivity contribution is 7.92. The van der Waals surface area contributed by atoms with Crippen molar-refractivity contribution in [2.45, 2.75) is 18.5 Å². The highest BCUT2D eigenvalue weighted by atomic mass is 32.2. The highest BCUT2D eigenvalue weighted by Gasteiger charge is 2.17. The molecule has 6 nitrogen and oxygen atoms in total. The zero-order valence-corrected chi connectivity index (χ0v) is 11.6. The standard InChI is InChI=1S/C12H16N4O2S/c1-3-16-8-12(14-9-16)19(17,18)15-11-6-4-10(13-2)5-7-11/h4-9,13,15H,3H2,1-2H3. The van der Waals surface area contributed by atoms with Gasteiger partial charge in [0.1, 0.15) is 0 Å². The maximum absolute atomic E-state index is 12.1. The van der Waals surface area contributed by atoms with Crippen LogP contribution in [0.15, 0.2) is 41.8 Å². The normalized spacial score (nSPS) is 11.3. The van der Waals surface area contributed by atoms with Crippen LogP contribution >= 0.6 is 0 Å². The lowest BCUT2D eigenvalue weighted by Crippen LogP contribution is -2.13. The lowest BCUT2D eigenvalue weighted by molar-refractivity contribution is 0.598. The van der Waals surface area contributed by atoms with Gasteiger partial charge in [-0.05, 0) is 31.2 Å². The van der Waals surface area contributed by atoms with E-state index in [9.17, 15) is 8.42 Å². The fourth-order valence-electron chi connectivity index (χ4n) is 1.56. The van der Waals surface area contributed by atoms with Gasteiger partial charge in [0.05, 0.1) is 6.33 Å². The van der Waals surface area contributed by atoms with E-state index in [1.54, 1.807) is 35.9 Å². The SMILES string of the molecule is CCn1cnc(S(=O)(=O)Nc2ccc(NC)cc2)c1. The highest BCUT2D eigenvalue weighted by Crippen LogP contribution is 2.17. The summed E-state index contributed by atoms with van der Waals surface area (Å²) in [5.41, 5.74) is 1.42. The van der Waals surface area contributed by atoms with E-state index in [2.05, 4.69) is 15.0 Å². The quantitative estimate of drug-likeness (QED) is 0.874. The molecule has 0 saturated heterocycles. The first-order chi connectivity index (χ1) is 9.05. The van der Waals surface area contributed by atoms with Crippen molar-refractivity contribution in [3.63, 3.8) is 0 Å². The van der Waals surface area contributed by atoms with E-state index >= 15 is 0 Å². The summed E-state index contributed by atoms with van der Waals surface area (Å²) in [6, 6.07) is 6.98. The lowest BCUT2D eigenvalue weighted by Gasteiger charge is -2.06. The molecule has 0 amide bonds. The first-order valence-electron chi connectivity index (χ1n) is 5.87. The minimum Gasteiger partial charge on any atom is -0.388 e. The van der Waals surface area contributed by atoms with Gasteiger partial charge in [0.2, 0.25) is 0 Å². The Hall–Kier alpha value is -2.02. The fraction of sp³-hybridized carbons (Fsp3) is 0.250.